The van der Waals surface area contributed by atoms with Crippen molar-refractivity contribution in [2.24, 2.45) is 22.0 Å². The number of ether oxygens (including phenoxy) is 2. The van der Waals surface area contributed by atoms with Crippen LogP contribution in [0.15, 0.2) is 125 Å². The van der Waals surface area contributed by atoms with Crippen molar-refractivity contribution in [3.05, 3.63) is 143 Å². The van der Waals surface area contributed by atoms with Crippen LogP contribution in [0.4, 0.5) is 27.0 Å². The van der Waals surface area contributed by atoms with Gasteiger partial charge < -0.3 is 53.2 Å². The first-order chi connectivity index (χ1) is 42.7. The van der Waals surface area contributed by atoms with E-state index in [1.807, 2.05) is 72.4 Å². The number of nitrogens with zero attached hydrogens (tertiary/aromatic N) is 9. The van der Waals surface area contributed by atoms with E-state index in [-0.39, 0.29) is 88.5 Å². The second-order valence-corrected chi connectivity index (χ2v) is 33.9. The first-order valence-electron chi connectivity index (χ1n) is 32.0. The van der Waals surface area contributed by atoms with Gasteiger partial charge in [0.15, 0.2) is 0 Å². The minimum atomic E-state index is -0.520. The minimum absolute atomic E-state index is 0. The predicted octanol–water partition coefficient (Wildman–Crippen LogP) is 12.3. The number of carbonyl (C=O) groups is 2. The minimum Gasteiger partial charge on any atom is -0.759 e. The summed E-state index contributed by atoms with van der Waals surface area (Å²) in [6.07, 6.45) is 19.5. The van der Waals surface area contributed by atoms with E-state index in [1.165, 1.54) is 33.4 Å². The molecule has 6 aliphatic rings. The second-order valence-electron chi connectivity index (χ2n) is 27.8. The van der Waals surface area contributed by atoms with Crippen molar-refractivity contribution in [3.63, 3.8) is 0 Å². The van der Waals surface area contributed by atoms with E-state index in [0.29, 0.717) is 15.5 Å². The van der Waals surface area contributed by atoms with Crippen LogP contribution in [0, 0.1) is 16.2 Å². The van der Waals surface area contributed by atoms with Crippen molar-refractivity contribution in [2.45, 2.75) is 200 Å². The zero-order valence-corrected chi connectivity index (χ0v) is 63.6. The third-order valence-corrected chi connectivity index (χ3v) is 19.8. The Hall–Kier alpha value is -4.26. The van der Waals surface area contributed by atoms with Crippen LogP contribution in [0.2, 0.25) is 0 Å². The summed E-state index contributed by atoms with van der Waals surface area (Å²) in [5.74, 6) is 2.78. The number of nitrogens with one attached hydrogen (secondary N) is 2. The Balaban J connectivity index is 0.000000189. The van der Waals surface area contributed by atoms with Gasteiger partial charge in [-0.2, -0.15) is 0 Å². The van der Waals surface area contributed by atoms with Crippen molar-refractivity contribution in [1.82, 2.24) is 40.5 Å². The fraction of sp³-hybridized carbons (Fsp3) is 0.543. The molecular weight excluding hydrogens is 1350 g/mol. The molecule has 3 aromatic carbocycles. The molecule has 0 unspecified atom stereocenters. The van der Waals surface area contributed by atoms with Gasteiger partial charge >= 0.3 is 41.7 Å². The van der Waals surface area contributed by atoms with Crippen LogP contribution < -0.4 is 60.6 Å². The number of rotatable bonds is 9. The molecular formula is C70H95ClIN12NaO4S3. The van der Waals surface area contributed by atoms with Gasteiger partial charge in [0, 0.05) is 76.8 Å². The first kappa shape index (κ1) is 75.1. The largest absolute Gasteiger partial charge is 1.00 e. The van der Waals surface area contributed by atoms with Crippen LogP contribution in [0.5, 0.6) is 0 Å². The number of carbonyl (C=O) groups excluding carboxylic acids is 2. The third kappa shape index (κ3) is 19.5. The molecule has 492 valence electrons. The predicted molar refractivity (Wildman–Crippen MR) is 383 cm³/mol. The number of anilines is 3. The molecule has 0 bridgehead atoms. The molecule has 3 saturated heterocycles. The Bertz CT molecular complexity index is 3330. The third-order valence-electron chi connectivity index (χ3n) is 17.8. The number of benzene rings is 3. The number of thioether (sulfide) groups is 2. The Kier molecular flexibility index (Phi) is 26.7. The Labute approximate surface area is 603 Å². The summed E-state index contributed by atoms with van der Waals surface area (Å²) in [6, 6.07) is 25.7. The molecule has 2 amide bonds. The smallest absolute Gasteiger partial charge is 0.759 e. The van der Waals surface area contributed by atoms with Crippen LogP contribution in [-0.2, 0) is 41.4 Å². The number of alkyl carbamates (subject to hydrolysis) is 2. The zero-order valence-electron chi connectivity index (χ0n) is 56.2. The maximum Gasteiger partial charge on any atom is 1.00 e. The molecule has 3 atom stereocenters. The number of fused-ring (bicyclic) bond motifs is 3. The van der Waals surface area contributed by atoms with Crippen LogP contribution in [0.3, 0.4) is 0 Å². The van der Waals surface area contributed by atoms with E-state index in [1.54, 1.807) is 35.9 Å². The van der Waals surface area contributed by atoms with E-state index in [9.17, 15) is 9.59 Å². The van der Waals surface area contributed by atoms with Gasteiger partial charge in [0.05, 0.1) is 43.1 Å². The summed E-state index contributed by atoms with van der Waals surface area (Å²) in [6.45, 7) is 29.9. The van der Waals surface area contributed by atoms with Crippen LogP contribution >= 0.6 is 58.5 Å². The number of hydrogen-bond donors (Lipinski definition) is 3. The van der Waals surface area contributed by atoms with Gasteiger partial charge in [-0.3, -0.25) is 4.98 Å². The summed E-state index contributed by atoms with van der Waals surface area (Å²) in [5.41, 5.74) is 13.7. The standard InChI is InChI=1S/C25H34N4O2S.C22H28N4O2S.C20H26N4S.C3H7I.ClH.Na/c1-17(2)32-21-16-26-20(15-27-21)29-12-10-25(11-13-29)14-18-8-6-7-9-19(18)22(25)28-23(30)31-24(3,4)5;1-21(2,3)28-20(27)25-19-16-7-5-4-6-15(16)12-22(19)8-10-26(11-9-22)17-13-24-18(29)14-23-17;1-14(2)25-18-13-22-17(12-23-18)24-9-7-20(8-10-24)11-15-5-3-4-6-16(15)19(20)21;1-3(2)4;;/h6-9,15-17,22H,10-14H2,1-5H3,(H,28,30);4-7,13-14,19H,8-12H2,1-3H3,(H,24,29)(H,25,27);3-6,12-14,19H,7-11,21H2,1-2H3;3H,1-2H3;1H;/q;;;;;+1/p-1/t22-;2*19-;;;/m111.../s1. The molecule has 6 aromatic rings. The van der Waals surface area contributed by atoms with Gasteiger partial charge in [-0.1, -0.05) is 142 Å². The van der Waals surface area contributed by atoms with E-state index < -0.39 is 11.2 Å². The molecule has 22 heteroatoms. The van der Waals surface area contributed by atoms with Crippen LogP contribution in [-0.4, -0.2) is 107 Å². The van der Waals surface area contributed by atoms with Gasteiger partial charge in [-0.15, -0.1) is 35.9 Å². The van der Waals surface area contributed by atoms with Crippen molar-refractivity contribution >= 4 is 101 Å². The molecule has 92 heavy (non-hydrogen) atoms. The average molecular weight is 1450 g/mol. The average Bonchev–Trinajstić information content (AvgIpc) is 1.65. The van der Waals surface area contributed by atoms with Crippen molar-refractivity contribution in [2.75, 3.05) is 54.0 Å². The molecule has 3 fully saturated rings. The molecule has 3 aromatic heterocycles. The molecule has 3 aliphatic heterocycles. The number of hydrogen-bond acceptors (Lipinski definition) is 17. The molecule has 0 saturated carbocycles. The molecule has 3 aliphatic carbocycles. The van der Waals surface area contributed by atoms with Crippen LogP contribution in [0.25, 0.3) is 0 Å². The van der Waals surface area contributed by atoms with E-state index in [0.717, 1.165) is 128 Å². The van der Waals surface area contributed by atoms with Crippen molar-refractivity contribution in [3.8, 4) is 0 Å². The van der Waals surface area contributed by atoms with Gasteiger partial charge in [0.1, 0.15) is 38.7 Å². The van der Waals surface area contributed by atoms with Crippen molar-refractivity contribution in [1.29, 1.82) is 0 Å². The van der Waals surface area contributed by atoms with Gasteiger partial charge in [0.2, 0.25) is 0 Å². The number of halogens is 2. The number of amides is 2. The molecule has 3 spiro atoms. The summed E-state index contributed by atoms with van der Waals surface area (Å²) >= 11 is 10.9. The Morgan fingerprint density at radius 2 is 0.848 bits per heavy atom. The maximum atomic E-state index is 12.7. The maximum absolute atomic E-state index is 12.7. The number of aromatic nitrogens is 6. The Morgan fingerprint density at radius 1 is 0.533 bits per heavy atom. The summed E-state index contributed by atoms with van der Waals surface area (Å²) < 4.78 is 12.0. The normalized spacial score (nSPS) is 19.6. The molecule has 4 N–H and O–H groups in total. The Morgan fingerprint density at radius 3 is 1.16 bits per heavy atom. The number of piperidine rings is 3. The molecule has 16 nitrogen and oxygen atoms in total. The van der Waals surface area contributed by atoms with Gasteiger partial charge in [-0.05, 0) is 138 Å². The van der Waals surface area contributed by atoms with E-state index in [2.05, 4.69) is 186 Å². The van der Waals surface area contributed by atoms with Crippen LogP contribution in [0.1, 0.15) is 173 Å². The summed E-state index contributed by atoms with van der Waals surface area (Å²) in [5, 5.41) is 9.91. The SMILES string of the molecule is CC(C)(C)OC(=O)N[C@@H]1c2ccccc2CC12CCN(c1cnc([S-])cn1)CC2.CC(C)I.CC(C)Sc1cnc(N2CCC3(CC2)Cc2ccccc2[C@H]3N)cn1.CC(C)Sc1cnc(N2CCC3(CC2)Cc2ccccc2[C@H]3NC(=O)OC(C)(C)C)cn1.Cl.[Na+]. The topological polar surface area (TPSA) is 190 Å². The monoisotopic (exact) mass is 1450 g/mol. The van der Waals surface area contributed by atoms with Crippen molar-refractivity contribution < 1.29 is 48.6 Å². The van der Waals surface area contributed by atoms with Gasteiger partial charge in [0.25, 0.3) is 0 Å². The molecule has 0 radical (unpaired) electrons. The van der Waals surface area contributed by atoms with Gasteiger partial charge in [-0.25, -0.2) is 34.5 Å². The quantitative estimate of drug-likeness (QED) is 0.0407. The van der Waals surface area contributed by atoms with E-state index in [4.69, 9.17) is 27.8 Å². The summed E-state index contributed by atoms with van der Waals surface area (Å²) in [7, 11) is 0. The fourth-order valence-electron chi connectivity index (χ4n) is 13.7. The summed E-state index contributed by atoms with van der Waals surface area (Å²) in [4.78, 5) is 59.3. The number of alkyl halides is 1. The molecule has 12 rings (SSSR count). The van der Waals surface area contributed by atoms with E-state index >= 15 is 0 Å². The molecule has 6 heterocycles. The fourth-order valence-corrected chi connectivity index (χ4v) is 15.2. The first-order valence-corrected chi connectivity index (χ1v) is 35.5. The second kappa shape index (κ2) is 32.7. The zero-order chi connectivity index (χ0) is 64.6. The number of nitrogens with two attached hydrogens (primary N) is 1.